The minimum atomic E-state index is -0.972. The highest BCUT2D eigenvalue weighted by Crippen LogP contribution is 2.18. The molecule has 0 fully saturated rings. The molecule has 0 radical (unpaired) electrons. The van der Waals surface area contributed by atoms with Gasteiger partial charge in [-0.3, -0.25) is 4.79 Å². The topological polar surface area (TPSA) is 79.1 Å². The molecule has 4 N–H and O–H groups in total. The summed E-state index contributed by atoms with van der Waals surface area (Å²) in [6.07, 6.45) is 2.16. The second-order valence-corrected chi connectivity index (χ2v) is 4.80. The Morgan fingerprint density at radius 1 is 1.14 bits per heavy atom. The van der Waals surface area contributed by atoms with Gasteiger partial charge in [0.2, 0.25) is 0 Å². The Labute approximate surface area is 127 Å². The zero-order valence-corrected chi connectivity index (χ0v) is 11.9. The molecular formula is C17H17FN2O2. The van der Waals surface area contributed by atoms with Crippen LogP contribution in [-0.2, 0) is 11.2 Å². The average molecular weight is 300 g/mol. The number of halogens is 1. The molecule has 1 heterocycles. The first kappa shape index (κ1) is 15.7. The maximum Gasteiger partial charge on any atom is 0.320 e. The molecule has 1 aromatic heterocycles. The maximum atomic E-state index is 11.9. The highest BCUT2D eigenvalue weighted by Gasteiger charge is 2.14. The van der Waals surface area contributed by atoms with Crippen molar-refractivity contribution in [2.24, 2.45) is 5.73 Å². The molecule has 5 heteroatoms. The number of nitrogens with two attached hydrogens (primary N) is 1. The molecule has 3 rings (SSSR count). The zero-order valence-electron chi connectivity index (χ0n) is 11.9. The van der Waals surface area contributed by atoms with Crippen LogP contribution in [0.1, 0.15) is 5.56 Å². The van der Waals surface area contributed by atoms with E-state index in [9.17, 15) is 9.18 Å². The molecule has 0 spiro atoms. The molecule has 2 aromatic carbocycles. The standard InChI is InChI=1S/C11H12N2O2.C6H5F/c12-9(11(14)15)5-7-6-13-10-4-2-1-3-8(7)10;7-6-4-2-1-3-5-6/h1-4,6,9,13H,5,12H2,(H,14,15);1-5H. The van der Waals surface area contributed by atoms with E-state index in [1.54, 1.807) is 18.2 Å². The quantitative estimate of drug-likeness (QED) is 0.696. The molecule has 0 saturated carbocycles. The van der Waals surface area contributed by atoms with E-state index in [1.807, 2.05) is 30.5 Å². The van der Waals surface area contributed by atoms with Gasteiger partial charge in [-0.15, -0.1) is 0 Å². The fraction of sp³-hybridized carbons (Fsp3) is 0.118. The number of carbonyl (C=O) groups is 1. The summed E-state index contributed by atoms with van der Waals surface area (Å²) in [5.41, 5.74) is 7.43. The first-order valence-corrected chi connectivity index (χ1v) is 6.82. The van der Waals surface area contributed by atoms with Gasteiger partial charge in [0, 0.05) is 23.5 Å². The number of H-pyrrole nitrogens is 1. The van der Waals surface area contributed by atoms with Crippen LogP contribution in [0.15, 0.2) is 60.8 Å². The number of fused-ring (bicyclic) bond motifs is 1. The number of para-hydroxylation sites is 1. The normalized spacial score (nSPS) is 11.5. The fourth-order valence-electron chi connectivity index (χ4n) is 2.04. The second kappa shape index (κ2) is 7.38. The summed E-state index contributed by atoms with van der Waals surface area (Å²) in [5, 5.41) is 9.75. The van der Waals surface area contributed by atoms with Gasteiger partial charge < -0.3 is 15.8 Å². The summed E-state index contributed by atoms with van der Waals surface area (Å²) >= 11 is 0. The van der Waals surface area contributed by atoms with Crippen molar-refractivity contribution in [2.75, 3.05) is 0 Å². The minimum Gasteiger partial charge on any atom is -0.480 e. The van der Waals surface area contributed by atoms with Gasteiger partial charge in [-0.05, 0) is 23.8 Å². The van der Waals surface area contributed by atoms with Crippen molar-refractivity contribution in [2.45, 2.75) is 12.5 Å². The molecule has 3 aromatic rings. The van der Waals surface area contributed by atoms with Crippen LogP contribution >= 0.6 is 0 Å². The number of aliphatic carboxylic acids is 1. The molecule has 22 heavy (non-hydrogen) atoms. The van der Waals surface area contributed by atoms with Crippen LogP contribution in [-0.4, -0.2) is 22.1 Å². The third-order valence-corrected chi connectivity index (χ3v) is 3.17. The van der Waals surface area contributed by atoms with Gasteiger partial charge in [-0.2, -0.15) is 0 Å². The summed E-state index contributed by atoms with van der Waals surface area (Å²) in [7, 11) is 0. The monoisotopic (exact) mass is 300 g/mol. The van der Waals surface area contributed by atoms with E-state index in [4.69, 9.17) is 10.8 Å². The smallest absolute Gasteiger partial charge is 0.320 e. The summed E-state index contributed by atoms with van der Waals surface area (Å²) in [6, 6.07) is 14.9. The van der Waals surface area contributed by atoms with Gasteiger partial charge >= 0.3 is 5.97 Å². The van der Waals surface area contributed by atoms with Crippen molar-refractivity contribution in [3.63, 3.8) is 0 Å². The minimum absolute atomic E-state index is 0.178. The summed E-state index contributed by atoms with van der Waals surface area (Å²) < 4.78 is 11.9. The van der Waals surface area contributed by atoms with Crippen molar-refractivity contribution in [3.05, 3.63) is 72.2 Å². The second-order valence-electron chi connectivity index (χ2n) is 4.80. The molecule has 0 aliphatic heterocycles. The van der Waals surface area contributed by atoms with Crippen LogP contribution in [0.5, 0.6) is 0 Å². The predicted octanol–water partition coefficient (Wildman–Crippen LogP) is 2.95. The molecule has 0 aliphatic carbocycles. The maximum absolute atomic E-state index is 11.9. The van der Waals surface area contributed by atoms with Crippen LogP contribution < -0.4 is 5.73 Å². The van der Waals surface area contributed by atoms with Crippen molar-refractivity contribution < 1.29 is 14.3 Å². The van der Waals surface area contributed by atoms with E-state index in [0.29, 0.717) is 6.42 Å². The summed E-state index contributed by atoms with van der Waals surface area (Å²) in [6.45, 7) is 0. The summed E-state index contributed by atoms with van der Waals surface area (Å²) in [4.78, 5) is 13.7. The Morgan fingerprint density at radius 2 is 1.77 bits per heavy atom. The molecule has 0 bridgehead atoms. The number of benzene rings is 2. The van der Waals surface area contributed by atoms with Gasteiger partial charge in [0.25, 0.3) is 0 Å². The number of aromatic amines is 1. The van der Waals surface area contributed by atoms with Gasteiger partial charge in [0.05, 0.1) is 0 Å². The number of carboxylic acids is 1. The number of nitrogens with one attached hydrogen (secondary N) is 1. The Kier molecular flexibility index (Phi) is 5.27. The highest BCUT2D eigenvalue weighted by atomic mass is 19.1. The van der Waals surface area contributed by atoms with Crippen LogP contribution in [0.2, 0.25) is 0 Å². The molecule has 4 nitrogen and oxygen atoms in total. The molecule has 0 saturated heterocycles. The van der Waals surface area contributed by atoms with Crippen molar-refractivity contribution in [3.8, 4) is 0 Å². The lowest BCUT2D eigenvalue weighted by molar-refractivity contribution is -0.138. The Balaban J connectivity index is 0.000000211. The molecule has 114 valence electrons. The largest absolute Gasteiger partial charge is 0.480 e. The molecule has 0 aliphatic rings. The third kappa shape index (κ3) is 4.17. The Bertz CT molecular complexity index is 741. The average Bonchev–Trinajstić information content (AvgIpc) is 2.92. The Morgan fingerprint density at radius 3 is 2.36 bits per heavy atom. The Hall–Kier alpha value is -2.66. The number of hydrogen-bond acceptors (Lipinski definition) is 2. The van der Waals surface area contributed by atoms with Gasteiger partial charge in [-0.1, -0.05) is 36.4 Å². The fourth-order valence-corrected chi connectivity index (χ4v) is 2.04. The third-order valence-electron chi connectivity index (χ3n) is 3.17. The lowest BCUT2D eigenvalue weighted by Gasteiger charge is -2.04. The zero-order chi connectivity index (χ0) is 15.9. The SMILES string of the molecule is Fc1ccccc1.NC(Cc1c[nH]c2ccccc12)C(=O)O. The van der Waals surface area contributed by atoms with E-state index in [1.165, 1.54) is 12.1 Å². The molecule has 1 atom stereocenters. The van der Waals surface area contributed by atoms with Crippen LogP contribution in [0, 0.1) is 5.82 Å². The van der Waals surface area contributed by atoms with Crippen molar-refractivity contribution in [1.82, 2.24) is 4.98 Å². The van der Waals surface area contributed by atoms with Gasteiger partial charge in [-0.25, -0.2) is 4.39 Å². The molecular weight excluding hydrogens is 283 g/mol. The number of hydrogen-bond donors (Lipinski definition) is 3. The van der Waals surface area contributed by atoms with Gasteiger partial charge in [0.1, 0.15) is 11.9 Å². The lowest BCUT2D eigenvalue weighted by Crippen LogP contribution is -2.32. The van der Waals surface area contributed by atoms with Crippen LogP contribution in [0.25, 0.3) is 10.9 Å². The van der Waals surface area contributed by atoms with E-state index < -0.39 is 12.0 Å². The van der Waals surface area contributed by atoms with Crippen LogP contribution in [0.4, 0.5) is 4.39 Å². The molecule has 1 unspecified atom stereocenters. The van der Waals surface area contributed by atoms with Crippen molar-refractivity contribution >= 4 is 16.9 Å². The van der Waals surface area contributed by atoms with Gasteiger partial charge in [0.15, 0.2) is 0 Å². The first-order chi connectivity index (χ1) is 10.6. The lowest BCUT2D eigenvalue weighted by atomic mass is 10.1. The number of carboxylic acid groups (broad SMARTS) is 1. The van der Waals surface area contributed by atoms with E-state index in [-0.39, 0.29) is 5.82 Å². The summed E-state index contributed by atoms with van der Waals surface area (Å²) in [5.74, 6) is -1.15. The van der Waals surface area contributed by atoms with E-state index in [0.717, 1.165) is 16.5 Å². The predicted molar refractivity (Wildman–Crippen MR) is 84.0 cm³/mol. The van der Waals surface area contributed by atoms with E-state index >= 15 is 0 Å². The van der Waals surface area contributed by atoms with E-state index in [2.05, 4.69) is 4.98 Å². The first-order valence-electron chi connectivity index (χ1n) is 6.82. The van der Waals surface area contributed by atoms with Crippen molar-refractivity contribution in [1.29, 1.82) is 0 Å². The number of rotatable bonds is 3. The highest BCUT2D eigenvalue weighted by molar-refractivity contribution is 5.84. The number of aromatic nitrogens is 1. The molecule has 0 amide bonds. The van der Waals surface area contributed by atoms with Crippen LogP contribution in [0.3, 0.4) is 0 Å².